The number of hydrogen-bond donors (Lipinski definition) is 0. The molecule has 0 fully saturated rings. The summed E-state index contributed by atoms with van der Waals surface area (Å²) in [6.07, 6.45) is 4.07. The van der Waals surface area contributed by atoms with Crippen LogP contribution in [0.2, 0.25) is 0 Å². The Balaban J connectivity index is 1.89. The van der Waals surface area contributed by atoms with E-state index >= 15 is 0 Å². The monoisotopic (exact) mass is 262 g/mol. The fourth-order valence-electron chi connectivity index (χ4n) is 2.42. The molecule has 0 atom stereocenters. The van der Waals surface area contributed by atoms with Gasteiger partial charge in [0.15, 0.2) is 0 Å². The fraction of sp³-hybridized carbons (Fsp3) is 0.167. The Morgan fingerprint density at radius 1 is 0.950 bits per heavy atom. The van der Waals surface area contributed by atoms with Crippen LogP contribution in [0.4, 0.5) is 0 Å². The maximum atomic E-state index is 4.48. The Bertz CT molecular complexity index is 711. The van der Waals surface area contributed by atoms with Crippen molar-refractivity contribution in [3.8, 4) is 11.1 Å². The number of nitrogens with zero attached hydrogens (tertiary/aromatic N) is 2. The third-order valence-electron chi connectivity index (χ3n) is 3.74. The molecule has 0 aliphatic heterocycles. The molecule has 0 saturated heterocycles. The first-order valence-corrected chi connectivity index (χ1v) is 6.87. The zero-order valence-electron chi connectivity index (χ0n) is 11.9. The van der Waals surface area contributed by atoms with E-state index in [0.29, 0.717) is 0 Å². The SMILES string of the molecule is Cc1cccc(-c2cnn(Cc3ccccc3)c2)c1C. The maximum absolute atomic E-state index is 4.48. The van der Waals surface area contributed by atoms with Crippen LogP contribution in [0.25, 0.3) is 11.1 Å². The van der Waals surface area contributed by atoms with Crippen LogP contribution in [-0.2, 0) is 6.54 Å². The summed E-state index contributed by atoms with van der Waals surface area (Å²) in [5.41, 5.74) is 6.36. The van der Waals surface area contributed by atoms with Crippen molar-refractivity contribution in [2.75, 3.05) is 0 Å². The molecule has 100 valence electrons. The molecule has 0 N–H and O–H groups in total. The molecular weight excluding hydrogens is 244 g/mol. The van der Waals surface area contributed by atoms with Gasteiger partial charge in [-0.15, -0.1) is 0 Å². The highest BCUT2D eigenvalue weighted by Crippen LogP contribution is 2.25. The minimum absolute atomic E-state index is 0.811. The highest BCUT2D eigenvalue weighted by Gasteiger charge is 2.06. The van der Waals surface area contributed by atoms with Gasteiger partial charge in [-0.2, -0.15) is 5.10 Å². The molecule has 0 aliphatic carbocycles. The first kappa shape index (κ1) is 12.7. The van der Waals surface area contributed by atoms with Gasteiger partial charge in [0.05, 0.1) is 12.7 Å². The molecular formula is C18H18N2. The fourth-order valence-corrected chi connectivity index (χ4v) is 2.42. The molecule has 0 radical (unpaired) electrons. The number of aromatic nitrogens is 2. The van der Waals surface area contributed by atoms with Crippen LogP contribution in [0, 0.1) is 13.8 Å². The van der Waals surface area contributed by atoms with E-state index < -0.39 is 0 Å². The van der Waals surface area contributed by atoms with Crippen molar-refractivity contribution >= 4 is 0 Å². The summed E-state index contributed by atoms with van der Waals surface area (Å²) in [7, 11) is 0. The predicted octanol–water partition coefficient (Wildman–Crippen LogP) is 4.22. The van der Waals surface area contributed by atoms with Gasteiger partial charge in [0, 0.05) is 11.8 Å². The zero-order valence-corrected chi connectivity index (χ0v) is 11.9. The molecule has 2 heteroatoms. The minimum atomic E-state index is 0.811. The van der Waals surface area contributed by atoms with Crippen molar-refractivity contribution in [1.82, 2.24) is 9.78 Å². The second-order valence-corrected chi connectivity index (χ2v) is 5.16. The molecule has 0 saturated carbocycles. The van der Waals surface area contributed by atoms with Crippen molar-refractivity contribution in [2.45, 2.75) is 20.4 Å². The summed E-state index contributed by atoms with van der Waals surface area (Å²) in [6.45, 7) is 5.12. The van der Waals surface area contributed by atoms with Gasteiger partial charge in [0.25, 0.3) is 0 Å². The third kappa shape index (κ3) is 2.50. The molecule has 1 aromatic heterocycles. The lowest BCUT2D eigenvalue weighted by atomic mass is 9.99. The van der Waals surface area contributed by atoms with E-state index in [0.717, 1.165) is 6.54 Å². The summed E-state index contributed by atoms with van der Waals surface area (Å²) in [4.78, 5) is 0. The molecule has 3 aromatic rings. The van der Waals surface area contributed by atoms with Crippen LogP contribution in [0.5, 0.6) is 0 Å². The van der Waals surface area contributed by atoms with Gasteiger partial charge in [0.2, 0.25) is 0 Å². The quantitative estimate of drug-likeness (QED) is 0.691. The van der Waals surface area contributed by atoms with Crippen LogP contribution in [-0.4, -0.2) is 9.78 Å². The predicted molar refractivity (Wildman–Crippen MR) is 82.7 cm³/mol. The first-order chi connectivity index (χ1) is 9.74. The second-order valence-electron chi connectivity index (χ2n) is 5.16. The number of rotatable bonds is 3. The molecule has 3 rings (SSSR count). The first-order valence-electron chi connectivity index (χ1n) is 6.87. The smallest absolute Gasteiger partial charge is 0.0659 e. The average molecular weight is 262 g/mol. The Morgan fingerprint density at radius 2 is 1.75 bits per heavy atom. The summed E-state index contributed by atoms with van der Waals surface area (Å²) in [5.74, 6) is 0. The summed E-state index contributed by atoms with van der Waals surface area (Å²) >= 11 is 0. The van der Waals surface area contributed by atoms with Crippen molar-refractivity contribution in [1.29, 1.82) is 0 Å². The van der Waals surface area contributed by atoms with E-state index in [1.54, 1.807) is 0 Å². The van der Waals surface area contributed by atoms with E-state index in [1.165, 1.54) is 27.8 Å². The number of benzene rings is 2. The molecule has 0 amide bonds. The summed E-state index contributed by atoms with van der Waals surface area (Å²) in [5, 5.41) is 4.48. The lowest BCUT2D eigenvalue weighted by Crippen LogP contribution is -1.99. The van der Waals surface area contributed by atoms with Crippen molar-refractivity contribution < 1.29 is 0 Å². The highest BCUT2D eigenvalue weighted by molar-refractivity contribution is 5.67. The Labute approximate surface area is 119 Å². The zero-order chi connectivity index (χ0) is 13.9. The molecule has 0 unspecified atom stereocenters. The van der Waals surface area contributed by atoms with Crippen LogP contribution in [0.1, 0.15) is 16.7 Å². The Morgan fingerprint density at radius 3 is 2.55 bits per heavy atom. The van der Waals surface area contributed by atoms with Crippen molar-refractivity contribution in [3.05, 3.63) is 77.6 Å². The Hall–Kier alpha value is -2.35. The normalized spacial score (nSPS) is 10.7. The third-order valence-corrected chi connectivity index (χ3v) is 3.74. The van der Waals surface area contributed by atoms with Crippen LogP contribution < -0.4 is 0 Å². The van der Waals surface area contributed by atoms with Crippen LogP contribution in [0.3, 0.4) is 0 Å². The van der Waals surface area contributed by atoms with Crippen LogP contribution in [0.15, 0.2) is 60.9 Å². The number of aryl methyl sites for hydroxylation is 1. The van der Waals surface area contributed by atoms with Gasteiger partial charge < -0.3 is 0 Å². The maximum Gasteiger partial charge on any atom is 0.0659 e. The lowest BCUT2D eigenvalue weighted by molar-refractivity contribution is 0.687. The molecule has 2 aromatic carbocycles. The molecule has 0 spiro atoms. The number of hydrogen-bond acceptors (Lipinski definition) is 1. The molecule has 20 heavy (non-hydrogen) atoms. The largest absolute Gasteiger partial charge is 0.268 e. The van der Waals surface area contributed by atoms with E-state index in [2.05, 4.69) is 67.6 Å². The van der Waals surface area contributed by atoms with Crippen molar-refractivity contribution in [2.24, 2.45) is 0 Å². The molecule has 0 aliphatic rings. The van der Waals surface area contributed by atoms with Gasteiger partial charge in [-0.1, -0.05) is 48.5 Å². The molecule has 0 bridgehead atoms. The van der Waals surface area contributed by atoms with E-state index in [-0.39, 0.29) is 0 Å². The molecule has 2 nitrogen and oxygen atoms in total. The van der Waals surface area contributed by atoms with E-state index in [4.69, 9.17) is 0 Å². The van der Waals surface area contributed by atoms with Crippen LogP contribution >= 0.6 is 0 Å². The van der Waals surface area contributed by atoms with Gasteiger partial charge in [-0.3, -0.25) is 4.68 Å². The summed E-state index contributed by atoms with van der Waals surface area (Å²) in [6, 6.07) is 16.8. The Kier molecular flexibility index (Phi) is 3.38. The van der Waals surface area contributed by atoms with E-state index in [9.17, 15) is 0 Å². The standard InChI is InChI=1S/C18H18N2/c1-14-7-6-10-18(15(14)2)17-11-19-20(13-17)12-16-8-4-3-5-9-16/h3-11,13H,12H2,1-2H3. The van der Waals surface area contributed by atoms with Gasteiger partial charge in [-0.25, -0.2) is 0 Å². The minimum Gasteiger partial charge on any atom is -0.268 e. The summed E-state index contributed by atoms with van der Waals surface area (Å²) < 4.78 is 1.99. The highest BCUT2D eigenvalue weighted by atomic mass is 15.3. The van der Waals surface area contributed by atoms with Gasteiger partial charge in [0.1, 0.15) is 0 Å². The van der Waals surface area contributed by atoms with Gasteiger partial charge in [-0.05, 0) is 36.1 Å². The van der Waals surface area contributed by atoms with Crippen molar-refractivity contribution in [3.63, 3.8) is 0 Å². The molecule has 1 heterocycles. The second kappa shape index (κ2) is 5.33. The average Bonchev–Trinajstić information content (AvgIpc) is 2.91. The van der Waals surface area contributed by atoms with Gasteiger partial charge >= 0.3 is 0 Å². The topological polar surface area (TPSA) is 17.8 Å². The van der Waals surface area contributed by atoms with E-state index in [1.807, 2.05) is 16.9 Å². The lowest BCUT2D eigenvalue weighted by Gasteiger charge is -2.06.